The molecule has 3 nitrogen and oxygen atoms in total. The maximum Gasteiger partial charge on any atom is 0.405 e. The van der Waals surface area contributed by atoms with Gasteiger partial charge in [-0.2, -0.15) is 26.3 Å². The van der Waals surface area contributed by atoms with Gasteiger partial charge in [0.2, 0.25) is 0 Å². The minimum Gasteiger partial charge on any atom is -0.480 e. The second-order valence-electron chi connectivity index (χ2n) is 3.01. The molecule has 0 aromatic heterocycles. The molecule has 0 saturated heterocycles. The Morgan fingerprint density at radius 1 is 1.13 bits per heavy atom. The van der Waals surface area contributed by atoms with Gasteiger partial charge in [-0.25, -0.2) is 0 Å². The molecule has 0 aliphatic rings. The molecular formula is C6H7F6NO2. The summed E-state index contributed by atoms with van der Waals surface area (Å²) in [6.07, 6.45) is -11.6. The van der Waals surface area contributed by atoms with Crippen LogP contribution in [-0.2, 0) is 4.79 Å². The molecule has 9 heteroatoms. The molecule has 0 aromatic rings. The van der Waals surface area contributed by atoms with E-state index in [1.165, 1.54) is 0 Å². The lowest BCUT2D eigenvalue weighted by atomic mass is 9.81. The highest BCUT2D eigenvalue weighted by Crippen LogP contribution is 2.51. The summed E-state index contributed by atoms with van der Waals surface area (Å²) >= 11 is 0. The van der Waals surface area contributed by atoms with Gasteiger partial charge in [-0.3, -0.25) is 4.79 Å². The quantitative estimate of drug-likeness (QED) is 0.718. The van der Waals surface area contributed by atoms with Crippen LogP contribution in [0.1, 0.15) is 6.92 Å². The molecule has 90 valence electrons. The summed E-state index contributed by atoms with van der Waals surface area (Å²) < 4.78 is 72.9. The Balaban J connectivity index is 5.53. The standard InChI is InChI=1S/C6H7F6NO2/c1-4(5(7,8)9,6(10,11)12)2(13)3(14)15/h2H,13H2,1H3,(H,14,15)/t2-/m1/s1. The summed E-state index contributed by atoms with van der Waals surface area (Å²) in [5, 5.41) is 8.12. The van der Waals surface area contributed by atoms with Gasteiger partial charge < -0.3 is 10.8 Å². The number of alkyl halides is 6. The molecule has 1 atom stereocenters. The van der Waals surface area contributed by atoms with Crippen LogP contribution in [0.5, 0.6) is 0 Å². The van der Waals surface area contributed by atoms with Crippen LogP contribution in [0.25, 0.3) is 0 Å². The van der Waals surface area contributed by atoms with Crippen molar-refractivity contribution in [3.8, 4) is 0 Å². The Kier molecular flexibility index (Phi) is 3.31. The van der Waals surface area contributed by atoms with Crippen LogP contribution in [0.3, 0.4) is 0 Å². The summed E-state index contributed by atoms with van der Waals surface area (Å²) in [5.41, 5.74) is -0.0387. The Hall–Kier alpha value is -0.990. The van der Waals surface area contributed by atoms with Gasteiger partial charge in [0.05, 0.1) is 0 Å². The van der Waals surface area contributed by atoms with Crippen LogP contribution in [0.2, 0.25) is 0 Å². The van der Waals surface area contributed by atoms with Crippen LogP contribution in [0.4, 0.5) is 26.3 Å². The molecular weight excluding hydrogens is 232 g/mol. The largest absolute Gasteiger partial charge is 0.480 e. The van der Waals surface area contributed by atoms with E-state index in [4.69, 9.17) is 5.11 Å². The van der Waals surface area contributed by atoms with Gasteiger partial charge in [-0.15, -0.1) is 0 Å². The zero-order valence-electron chi connectivity index (χ0n) is 7.28. The highest BCUT2D eigenvalue weighted by atomic mass is 19.4. The fourth-order valence-corrected chi connectivity index (χ4v) is 0.760. The molecule has 0 amide bonds. The molecule has 0 aliphatic heterocycles. The van der Waals surface area contributed by atoms with Crippen molar-refractivity contribution in [2.24, 2.45) is 11.1 Å². The first-order valence-corrected chi connectivity index (χ1v) is 3.47. The Labute approximate surface area is 79.9 Å². The van der Waals surface area contributed by atoms with Gasteiger partial charge in [-0.1, -0.05) is 0 Å². The van der Waals surface area contributed by atoms with Crippen molar-refractivity contribution in [3.63, 3.8) is 0 Å². The van der Waals surface area contributed by atoms with E-state index in [0.29, 0.717) is 0 Å². The maximum atomic E-state index is 12.1. The third kappa shape index (κ3) is 2.16. The van der Waals surface area contributed by atoms with Crippen LogP contribution in [-0.4, -0.2) is 29.5 Å². The molecule has 0 heterocycles. The number of carbonyl (C=O) groups is 1. The topological polar surface area (TPSA) is 63.3 Å². The molecule has 0 aromatic carbocycles. The fourth-order valence-electron chi connectivity index (χ4n) is 0.760. The number of halogens is 6. The molecule has 0 fully saturated rings. The van der Waals surface area contributed by atoms with E-state index >= 15 is 0 Å². The molecule has 0 saturated carbocycles. The molecule has 0 spiro atoms. The normalized spacial score (nSPS) is 16.3. The van der Waals surface area contributed by atoms with Gasteiger partial charge >= 0.3 is 18.3 Å². The number of carboxylic acids is 1. The zero-order chi connectivity index (χ0) is 12.7. The minimum atomic E-state index is -5.79. The molecule has 0 aliphatic carbocycles. The van der Waals surface area contributed by atoms with E-state index in [0.717, 1.165) is 0 Å². The van der Waals surface area contributed by atoms with E-state index in [1.54, 1.807) is 0 Å². The van der Waals surface area contributed by atoms with Gasteiger partial charge in [-0.05, 0) is 6.92 Å². The molecule has 0 bridgehead atoms. The van der Waals surface area contributed by atoms with Crippen molar-refractivity contribution in [2.75, 3.05) is 0 Å². The number of rotatable bonds is 2. The van der Waals surface area contributed by atoms with Crippen molar-refractivity contribution >= 4 is 5.97 Å². The SMILES string of the molecule is CC([C@H](N)C(=O)O)(C(F)(F)F)C(F)(F)F. The monoisotopic (exact) mass is 239 g/mol. The highest BCUT2D eigenvalue weighted by molar-refractivity contribution is 5.74. The minimum absolute atomic E-state index is 0.286. The lowest BCUT2D eigenvalue weighted by Gasteiger charge is -2.36. The van der Waals surface area contributed by atoms with Crippen LogP contribution in [0.15, 0.2) is 0 Å². The smallest absolute Gasteiger partial charge is 0.405 e. The average molecular weight is 239 g/mol. The second kappa shape index (κ2) is 3.54. The third-order valence-electron chi connectivity index (χ3n) is 2.07. The fraction of sp³-hybridized carbons (Fsp3) is 0.833. The van der Waals surface area contributed by atoms with Crippen LogP contribution >= 0.6 is 0 Å². The summed E-state index contributed by atoms with van der Waals surface area (Å²) in [7, 11) is 0. The maximum absolute atomic E-state index is 12.1. The van der Waals surface area contributed by atoms with Gasteiger partial charge in [0.15, 0.2) is 5.41 Å². The third-order valence-corrected chi connectivity index (χ3v) is 2.07. The molecule has 0 rings (SSSR count). The lowest BCUT2D eigenvalue weighted by Crippen LogP contribution is -2.61. The first kappa shape index (κ1) is 14.0. The van der Waals surface area contributed by atoms with Crippen molar-refractivity contribution in [3.05, 3.63) is 0 Å². The Morgan fingerprint density at radius 2 is 1.40 bits per heavy atom. The Morgan fingerprint density at radius 3 is 1.47 bits per heavy atom. The van der Waals surface area contributed by atoms with Crippen molar-refractivity contribution in [1.82, 2.24) is 0 Å². The zero-order valence-corrected chi connectivity index (χ0v) is 7.28. The van der Waals surface area contributed by atoms with E-state index < -0.39 is 29.8 Å². The second-order valence-corrected chi connectivity index (χ2v) is 3.01. The van der Waals surface area contributed by atoms with Gasteiger partial charge in [0.1, 0.15) is 6.04 Å². The molecule has 0 radical (unpaired) electrons. The van der Waals surface area contributed by atoms with E-state index in [1.807, 2.05) is 0 Å². The predicted molar refractivity (Wildman–Crippen MR) is 35.8 cm³/mol. The molecule has 3 N–H and O–H groups in total. The number of nitrogens with two attached hydrogens (primary N) is 1. The number of hydrogen-bond acceptors (Lipinski definition) is 2. The number of aliphatic carboxylic acids is 1. The first-order chi connectivity index (χ1) is 6.35. The van der Waals surface area contributed by atoms with Crippen LogP contribution < -0.4 is 5.73 Å². The first-order valence-electron chi connectivity index (χ1n) is 3.47. The number of carboxylic acid groups (broad SMARTS) is 1. The van der Waals surface area contributed by atoms with Crippen molar-refractivity contribution in [2.45, 2.75) is 25.3 Å². The van der Waals surface area contributed by atoms with Crippen molar-refractivity contribution in [1.29, 1.82) is 0 Å². The molecule has 15 heavy (non-hydrogen) atoms. The highest BCUT2D eigenvalue weighted by Gasteiger charge is 2.72. The van der Waals surface area contributed by atoms with Crippen LogP contribution in [0, 0.1) is 5.41 Å². The summed E-state index contributed by atoms with van der Waals surface area (Å²) in [6, 6.07) is -3.10. The van der Waals surface area contributed by atoms with Gasteiger partial charge in [0.25, 0.3) is 0 Å². The predicted octanol–water partition coefficient (Wildman–Crippen LogP) is 1.53. The number of hydrogen-bond donors (Lipinski definition) is 2. The lowest BCUT2D eigenvalue weighted by molar-refractivity contribution is -0.339. The van der Waals surface area contributed by atoms with E-state index in [2.05, 4.69) is 5.73 Å². The van der Waals surface area contributed by atoms with E-state index in [9.17, 15) is 31.1 Å². The average Bonchev–Trinajstić information content (AvgIpc) is 1.96. The summed E-state index contributed by atoms with van der Waals surface area (Å²) in [6.45, 7) is -0.286. The van der Waals surface area contributed by atoms with Crippen molar-refractivity contribution < 1.29 is 36.2 Å². The summed E-state index contributed by atoms with van der Waals surface area (Å²) in [4.78, 5) is 10.1. The van der Waals surface area contributed by atoms with E-state index in [-0.39, 0.29) is 6.92 Å². The summed E-state index contributed by atoms with van der Waals surface area (Å²) in [5.74, 6) is -2.37. The Bertz CT molecular complexity index is 243. The molecule has 0 unspecified atom stereocenters. The van der Waals surface area contributed by atoms with Gasteiger partial charge in [0, 0.05) is 0 Å².